The number of nitrogens with one attached hydrogen (secondary N) is 3. The molecule has 0 spiro atoms. The third-order valence-electron chi connectivity index (χ3n) is 5.83. The second-order valence-corrected chi connectivity index (χ2v) is 11.6. The summed E-state index contributed by atoms with van der Waals surface area (Å²) in [7, 11) is 0. The molecule has 11 heteroatoms. The van der Waals surface area contributed by atoms with Gasteiger partial charge in [0.1, 0.15) is 16.0 Å². The number of ether oxygens (including phenoxy) is 1. The van der Waals surface area contributed by atoms with Crippen LogP contribution in [0.1, 0.15) is 38.8 Å². The molecule has 4 rings (SSSR count). The van der Waals surface area contributed by atoms with E-state index in [1.807, 2.05) is 39.8 Å². The van der Waals surface area contributed by atoms with Gasteiger partial charge < -0.3 is 25.2 Å². The summed E-state index contributed by atoms with van der Waals surface area (Å²) in [6.07, 6.45) is 2.14. The molecular weight excluding hydrogens is 508 g/mol. The molecule has 1 unspecified atom stereocenters. The Morgan fingerprint density at radius 3 is 2.64 bits per heavy atom. The lowest BCUT2D eigenvalue weighted by Crippen LogP contribution is -2.42. The average molecular weight is 536 g/mol. The molecule has 1 aliphatic heterocycles. The normalized spacial score (nSPS) is 15.5. The number of halogens is 3. The van der Waals surface area contributed by atoms with Crippen molar-refractivity contribution in [3.05, 3.63) is 58.7 Å². The predicted molar refractivity (Wildman–Crippen MR) is 139 cm³/mol. The van der Waals surface area contributed by atoms with Gasteiger partial charge in [-0.25, -0.2) is 4.98 Å². The maximum absolute atomic E-state index is 13.2. The third-order valence-corrected chi connectivity index (χ3v) is 7.75. The fourth-order valence-electron chi connectivity index (χ4n) is 4.07. The number of rotatable bonds is 8. The molecule has 36 heavy (non-hydrogen) atoms. The molecule has 2 aromatic carbocycles. The molecule has 0 radical (unpaired) electrons. The molecule has 2 heterocycles. The number of fused-ring (bicyclic) bond motifs is 1. The number of anilines is 4. The third kappa shape index (κ3) is 5.83. The summed E-state index contributed by atoms with van der Waals surface area (Å²) in [5.41, 5.74) is 2.44. The number of hydrogen-bond donors (Lipinski definition) is 3. The first-order chi connectivity index (χ1) is 17.0. The van der Waals surface area contributed by atoms with Crippen LogP contribution in [0.4, 0.5) is 31.9 Å². The number of nitrogens with zero attached hydrogens (tertiary/aromatic N) is 2. The quantitative estimate of drug-likeness (QED) is 0.299. The van der Waals surface area contributed by atoms with E-state index in [1.165, 1.54) is 6.20 Å². The maximum Gasteiger partial charge on any atom is 0.387 e. The van der Waals surface area contributed by atoms with Gasteiger partial charge in [-0.1, -0.05) is 23.7 Å². The molecule has 0 aliphatic carbocycles. The number of benzene rings is 2. The van der Waals surface area contributed by atoms with Crippen LogP contribution in [0.25, 0.3) is 0 Å². The van der Waals surface area contributed by atoms with Crippen LogP contribution in [0.5, 0.6) is 5.75 Å². The summed E-state index contributed by atoms with van der Waals surface area (Å²) in [5, 5.41) is 9.69. The topological polar surface area (TPSA) is 94.2 Å². The zero-order valence-electron chi connectivity index (χ0n) is 20.4. The second-order valence-electron chi connectivity index (χ2n) is 9.17. The van der Waals surface area contributed by atoms with E-state index in [9.17, 15) is 13.3 Å². The van der Waals surface area contributed by atoms with Crippen LogP contribution >= 0.6 is 11.6 Å². The summed E-state index contributed by atoms with van der Waals surface area (Å²) in [4.78, 5) is 9.28. The molecule has 0 fully saturated rings. The minimum Gasteiger partial charge on any atom is -0.611 e. The Kier molecular flexibility index (Phi) is 7.89. The highest BCUT2D eigenvalue weighted by Crippen LogP contribution is 2.38. The molecule has 0 bridgehead atoms. The first-order valence-electron chi connectivity index (χ1n) is 11.5. The van der Waals surface area contributed by atoms with E-state index in [2.05, 4.69) is 25.9 Å². The van der Waals surface area contributed by atoms with E-state index in [0.29, 0.717) is 16.3 Å². The molecule has 1 aromatic heterocycles. The van der Waals surface area contributed by atoms with Gasteiger partial charge in [-0.05, 0) is 87.2 Å². The van der Waals surface area contributed by atoms with Crippen molar-refractivity contribution < 1.29 is 18.1 Å². The first kappa shape index (κ1) is 26.4. The molecule has 0 saturated heterocycles. The van der Waals surface area contributed by atoms with E-state index in [1.54, 1.807) is 24.3 Å². The lowest BCUT2D eigenvalue weighted by Gasteiger charge is -2.34. The van der Waals surface area contributed by atoms with Crippen LogP contribution < -0.4 is 20.7 Å². The monoisotopic (exact) mass is 535 g/mol. The average Bonchev–Trinajstić information content (AvgIpc) is 2.81. The Labute approximate surface area is 217 Å². The van der Waals surface area contributed by atoms with Crippen molar-refractivity contribution in [1.29, 1.82) is 0 Å². The minimum absolute atomic E-state index is 0.00809. The number of aromatic nitrogens is 2. The van der Waals surface area contributed by atoms with Gasteiger partial charge in [-0.3, -0.25) is 0 Å². The van der Waals surface area contributed by atoms with E-state index in [-0.39, 0.29) is 33.3 Å². The highest BCUT2D eigenvalue weighted by atomic mass is 35.5. The number of para-hydroxylation sites is 1. The Balaban J connectivity index is 1.67. The maximum atomic E-state index is 13.2. The van der Waals surface area contributed by atoms with Crippen LogP contribution in [0, 0.1) is 0 Å². The minimum atomic E-state index is -3.00. The van der Waals surface area contributed by atoms with Crippen molar-refractivity contribution >= 4 is 45.9 Å². The van der Waals surface area contributed by atoms with Crippen molar-refractivity contribution in [2.24, 2.45) is 0 Å². The fraction of sp³-hybridized carbons (Fsp3) is 0.360. The molecule has 3 N–H and O–H groups in total. The predicted octanol–water partition coefficient (Wildman–Crippen LogP) is 6.12. The highest BCUT2D eigenvalue weighted by Gasteiger charge is 2.29. The Morgan fingerprint density at radius 2 is 1.92 bits per heavy atom. The standard InChI is InChI=1S/C25H28ClF2N5O2S/c1-14(2)36(34)21-8-6-5-7-18(21)31-22-17(26)13-29-24(33-22)32-19-11-15-9-10-30-25(3,4)16(15)12-20(19)35-23(27)28/h5-8,11-14,23,30H,9-10H2,1-4H3,(H2,29,31,32,33). The first-order valence-corrected chi connectivity index (χ1v) is 13.1. The van der Waals surface area contributed by atoms with Crippen LogP contribution in [0.2, 0.25) is 5.02 Å². The molecule has 3 aromatic rings. The van der Waals surface area contributed by atoms with Gasteiger partial charge in [0.15, 0.2) is 10.7 Å². The Morgan fingerprint density at radius 1 is 1.17 bits per heavy atom. The molecule has 1 aliphatic rings. The number of alkyl halides is 2. The van der Waals surface area contributed by atoms with Gasteiger partial charge in [0.05, 0.1) is 17.6 Å². The zero-order valence-corrected chi connectivity index (χ0v) is 21.9. The van der Waals surface area contributed by atoms with Crippen LogP contribution in [0.15, 0.2) is 47.5 Å². The van der Waals surface area contributed by atoms with Crippen LogP contribution in [-0.2, 0) is 23.1 Å². The van der Waals surface area contributed by atoms with Crippen molar-refractivity contribution in [2.75, 3.05) is 17.2 Å². The van der Waals surface area contributed by atoms with Crippen molar-refractivity contribution in [3.8, 4) is 5.75 Å². The van der Waals surface area contributed by atoms with Gasteiger partial charge >= 0.3 is 6.61 Å². The Hall–Kier alpha value is -2.66. The van der Waals surface area contributed by atoms with Gasteiger partial charge in [-0.2, -0.15) is 13.8 Å². The summed E-state index contributed by atoms with van der Waals surface area (Å²) in [6.45, 7) is 5.51. The molecule has 192 valence electrons. The van der Waals surface area contributed by atoms with E-state index in [0.717, 1.165) is 24.1 Å². The molecular formula is C25H28ClF2N5O2S. The molecule has 0 amide bonds. The summed E-state index contributed by atoms with van der Waals surface area (Å²) < 4.78 is 44.1. The lowest BCUT2D eigenvalue weighted by molar-refractivity contribution is -0.0494. The van der Waals surface area contributed by atoms with Gasteiger partial charge in [0.2, 0.25) is 5.95 Å². The molecule has 0 saturated carbocycles. The summed E-state index contributed by atoms with van der Waals surface area (Å²) in [5.74, 6) is 0.407. The molecule has 1 atom stereocenters. The number of hydrogen-bond acceptors (Lipinski definition) is 7. The van der Waals surface area contributed by atoms with E-state index in [4.69, 9.17) is 16.3 Å². The van der Waals surface area contributed by atoms with Gasteiger partial charge in [0, 0.05) is 5.54 Å². The largest absolute Gasteiger partial charge is 0.611 e. The smallest absolute Gasteiger partial charge is 0.387 e. The van der Waals surface area contributed by atoms with Crippen LogP contribution in [-0.4, -0.2) is 32.9 Å². The lowest BCUT2D eigenvalue weighted by atomic mass is 9.85. The SMILES string of the molecule is CC(C)[S+]([O-])c1ccccc1Nc1nc(Nc2cc3c(cc2OC(F)F)C(C)(C)NCC3)ncc1Cl. The summed E-state index contributed by atoms with van der Waals surface area (Å²) >= 11 is 5.11. The van der Waals surface area contributed by atoms with Gasteiger partial charge in [0.25, 0.3) is 0 Å². The van der Waals surface area contributed by atoms with Crippen molar-refractivity contribution in [3.63, 3.8) is 0 Å². The second kappa shape index (κ2) is 10.8. The molecule has 7 nitrogen and oxygen atoms in total. The summed E-state index contributed by atoms with van der Waals surface area (Å²) in [6, 6.07) is 10.6. The van der Waals surface area contributed by atoms with Crippen molar-refractivity contribution in [2.45, 2.75) is 56.4 Å². The van der Waals surface area contributed by atoms with E-state index >= 15 is 0 Å². The Bertz CT molecular complexity index is 1250. The zero-order chi connectivity index (χ0) is 26.0. The van der Waals surface area contributed by atoms with Crippen molar-refractivity contribution in [1.82, 2.24) is 15.3 Å². The highest BCUT2D eigenvalue weighted by molar-refractivity contribution is 7.92. The van der Waals surface area contributed by atoms with E-state index < -0.39 is 17.8 Å². The van der Waals surface area contributed by atoms with Crippen LogP contribution in [0.3, 0.4) is 0 Å². The van der Waals surface area contributed by atoms with Gasteiger partial charge in [-0.15, -0.1) is 0 Å². The fourth-order valence-corrected chi connectivity index (χ4v) is 5.27.